The zero-order valence-corrected chi connectivity index (χ0v) is 18.1. The van der Waals surface area contributed by atoms with Crippen molar-refractivity contribution in [3.05, 3.63) is 46.4 Å². The van der Waals surface area contributed by atoms with Gasteiger partial charge in [0.2, 0.25) is 5.91 Å². The van der Waals surface area contributed by atoms with Crippen LogP contribution in [-0.4, -0.2) is 28.9 Å². The number of para-hydroxylation sites is 1. The second-order valence-electron chi connectivity index (χ2n) is 8.42. The van der Waals surface area contributed by atoms with Gasteiger partial charge in [0.1, 0.15) is 23.1 Å². The number of aromatic nitrogens is 1. The Bertz CT molecular complexity index is 829. The predicted octanol–water partition coefficient (Wildman–Crippen LogP) is 3.93. The van der Waals surface area contributed by atoms with Gasteiger partial charge >= 0.3 is 0 Å². The number of thiazole rings is 1. The topological polar surface area (TPSA) is 80.3 Å². The van der Waals surface area contributed by atoms with Crippen molar-refractivity contribution in [2.75, 3.05) is 0 Å². The highest BCUT2D eigenvalue weighted by molar-refractivity contribution is 7.09. The third-order valence-corrected chi connectivity index (χ3v) is 5.79. The van der Waals surface area contributed by atoms with E-state index in [0.29, 0.717) is 12.3 Å². The number of hydrogen-bond acceptors (Lipinski definition) is 5. The Morgan fingerprint density at radius 2 is 1.76 bits per heavy atom. The Morgan fingerprint density at radius 1 is 1.10 bits per heavy atom. The second-order valence-corrected chi connectivity index (χ2v) is 9.37. The molecular weight excluding hydrogens is 386 g/mol. The van der Waals surface area contributed by atoms with Crippen molar-refractivity contribution in [3.63, 3.8) is 0 Å². The van der Waals surface area contributed by atoms with Crippen LogP contribution in [-0.2, 0) is 11.4 Å². The van der Waals surface area contributed by atoms with Crippen molar-refractivity contribution in [3.8, 4) is 5.75 Å². The van der Waals surface area contributed by atoms with Gasteiger partial charge in [-0.15, -0.1) is 11.3 Å². The van der Waals surface area contributed by atoms with Gasteiger partial charge in [-0.05, 0) is 25.0 Å². The summed E-state index contributed by atoms with van der Waals surface area (Å²) >= 11 is 1.41. The molecule has 0 saturated heterocycles. The van der Waals surface area contributed by atoms with Crippen LogP contribution in [0.3, 0.4) is 0 Å². The fraction of sp³-hybridized carbons (Fsp3) is 0.500. The Balaban J connectivity index is 1.57. The first-order chi connectivity index (χ1) is 13.8. The monoisotopic (exact) mass is 415 g/mol. The SMILES string of the molecule is CC(C)(C)C(=O)NC1CCCCC1NC(=O)c1csc(COc2ccccc2)n1. The van der Waals surface area contributed by atoms with E-state index in [-0.39, 0.29) is 23.9 Å². The molecule has 0 radical (unpaired) electrons. The summed E-state index contributed by atoms with van der Waals surface area (Å²) in [7, 11) is 0. The molecular formula is C22H29N3O3S. The number of nitrogens with one attached hydrogen (secondary N) is 2. The first kappa shape index (κ1) is 21.3. The summed E-state index contributed by atoms with van der Waals surface area (Å²) in [6, 6.07) is 9.41. The summed E-state index contributed by atoms with van der Waals surface area (Å²) in [5, 5.41) is 8.70. The largest absolute Gasteiger partial charge is 0.486 e. The van der Waals surface area contributed by atoms with Crippen molar-refractivity contribution in [2.24, 2.45) is 5.41 Å². The van der Waals surface area contributed by atoms with Crippen molar-refractivity contribution in [1.82, 2.24) is 15.6 Å². The van der Waals surface area contributed by atoms with E-state index < -0.39 is 5.41 Å². The highest BCUT2D eigenvalue weighted by atomic mass is 32.1. The fourth-order valence-corrected chi connectivity index (χ4v) is 3.93. The maximum atomic E-state index is 12.7. The van der Waals surface area contributed by atoms with Gasteiger partial charge in [-0.2, -0.15) is 0 Å². The van der Waals surface area contributed by atoms with Gasteiger partial charge in [0.05, 0.1) is 0 Å². The molecule has 0 aliphatic heterocycles. The molecule has 2 amide bonds. The van der Waals surface area contributed by atoms with Crippen LogP contribution < -0.4 is 15.4 Å². The Morgan fingerprint density at radius 3 is 2.41 bits per heavy atom. The number of rotatable bonds is 6. The minimum atomic E-state index is -0.450. The van der Waals surface area contributed by atoms with E-state index in [9.17, 15) is 9.59 Å². The highest BCUT2D eigenvalue weighted by Gasteiger charge is 2.31. The summed E-state index contributed by atoms with van der Waals surface area (Å²) in [4.78, 5) is 29.5. The van der Waals surface area contributed by atoms with Crippen LogP contribution in [0.15, 0.2) is 35.7 Å². The van der Waals surface area contributed by atoms with Gasteiger partial charge in [0.25, 0.3) is 5.91 Å². The molecule has 2 N–H and O–H groups in total. The molecule has 1 aliphatic carbocycles. The van der Waals surface area contributed by atoms with Crippen molar-refractivity contribution >= 4 is 23.2 Å². The number of carbonyl (C=O) groups excluding carboxylic acids is 2. The number of benzene rings is 1. The lowest BCUT2D eigenvalue weighted by molar-refractivity contribution is -0.129. The van der Waals surface area contributed by atoms with E-state index in [1.54, 1.807) is 5.38 Å². The van der Waals surface area contributed by atoms with E-state index in [4.69, 9.17) is 4.74 Å². The minimum Gasteiger partial charge on any atom is -0.486 e. The van der Waals surface area contributed by atoms with Gasteiger partial charge in [-0.1, -0.05) is 51.8 Å². The molecule has 1 aromatic carbocycles. The summed E-state index contributed by atoms with van der Waals surface area (Å²) in [5.74, 6) is 0.583. The predicted molar refractivity (Wildman–Crippen MR) is 114 cm³/mol. The standard InChI is InChI=1S/C22H29N3O3S/c1-22(2,3)21(27)25-17-12-8-7-11-16(17)24-20(26)18-14-29-19(23-18)13-28-15-9-5-4-6-10-15/h4-6,9-10,14,16-17H,7-8,11-13H2,1-3H3,(H,24,26)(H,25,27). The molecule has 1 saturated carbocycles. The summed E-state index contributed by atoms with van der Waals surface area (Å²) in [5.41, 5.74) is -0.0534. The normalized spacial score (nSPS) is 19.4. The molecule has 29 heavy (non-hydrogen) atoms. The van der Waals surface area contributed by atoms with Gasteiger partial charge < -0.3 is 15.4 Å². The molecule has 1 fully saturated rings. The number of nitrogens with zero attached hydrogens (tertiary/aromatic N) is 1. The first-order valence-electron chi connectivity index (χ1n) is 10.1. The molecule has 1 aliphatic rings. The molecule has 1 aromatic heterocycles. The molecule has 3 rings (SSSR count). The number of hydrogen-bond donors (Lipinski definition) is 2. The summed E-state index contributed by atoms with van der Waals surface area (Å²) in [6.45, 7) is 6.02. The number of carbonyl (C=O) groups is 2. The third kappa shape index (κ3) is 6.03. The van der Waals surface area contributed by atoms with Crippen LogP contribution in [0.2, 0.25) is 0 Å². The molecule has 2 atom stereocenters. The van der Waals surface area contributed by atoms with Crippen LogP contribution in [0.25, 0.3) is 0 Å². The average molecular weight is 416 g/mol. The van der Waals surface area contributed by atoms with Crippen LogP contribution in [0.1, 0.15) is 62.0 Å². The zero-order valence-electron chi connectivity index (χ0n) is 17.2. The van der Waals surface area contributed by atoms with Crippen LogP contribution in [0.4, 0.5) is 0 Å². The lowest BCUT2D eigenvalue weighted by Crippen LogP contribution is -2.55. The molecule has 156 valence electrons. The molecule has 0 spiro atoms. The van der Waals surface area contributed by atoms with E-state index in [1.807, 2.05) is 51.1 Å². The zero-order chi connectivity index (χ0) is 20.9. The van der Waals surface area contributed by atoms with Crippen molar-refractivity contribution in [2.45, 2.75) is 65.1 Å². The summed E-state index contributed by atoms with van der Waals surface area (Å²) < 4.78 is 5.70. The van der Waals surface area contributed by atoms with Gasteiger partial charge in [0.15, 0.2) is 0 Å². The molecule has 7 heteroatoms. The Kier molecular flexibility index (Phi) is 6.90. The van der Waals surface area contributed by atoms with E-state index in [2.05, 4.69) is 15.6 Å². The molecule has 2 aromatic rings. The van der Waals surface area contributed by atoms with Crippen LogP contribution >= 0.6 is 11.3 Å². The maximum absolute atomic E-state index is 12.7. The molecule has 1 heterocycles. The lowest BCUT2D eigenvalue weighted by Gasteiger charge is -2.34. The lowest BCUT2D eigenvalue weighted by atomic mass is 9.88. The van der Waals surface area contributed by atoms with Crippen LogP contribution in [0, 0.1) is 5.41 Å². The quantitative estimate of drug-likeness (QED) is 0.749. The minimum absolute atomic E-state index is 0.0117. The van der Waals surface area contributed by atoms with Gasteiger partial charge in [0, 0.05) is 22.9 Å². The highest BCUT2D eigenvalue weighted by Crippen LogP contribution is 2.22. The second kappa shape index (κ2) is 9.39. The smallest absolute Gasteiger partial charge is 0.271 e. The van der Waals surface area contributed by atoms with E-state index in [0.717, 1.165) is 36.4 Å². The Labute approximate surface area is 176 Å². The number of amides is 2. The number of ether oxygens (including phenoxy) is 1. The molecule has 6 nitrogen and oxygen atoms in total. The molecule has 0 bridgehead atoms. The summed E-state index contributed by atoms with van der Waals surface area (Å²) in [6.07, 6.45) is 3.83. The van der Waals surface area contributed by atoms with Crippen molar-refractivity contribution in [1.29, 1.82) is 0 Å². The average Bonchev–Trinajstić information content (AvgIpc) is 3.17. The fourth-order valence-electron chi connectivity index (χ4n) is 3.25. The van der Waals surface area contributed by atoms with Crippen molar-refractivity contribution < 1.29 is 14.3 Å². The van der Waals surface area contributed by atoms with E-state index in [1.165, 1.54) is 11.3 Å². The van der Waals surface area contributed by atoms with Gasteiger partial charge in [-0.3, -0.25) is 9.59 Å². The third-order valence-electron chi connectivity index (χ3n) is 4.97. The van der Waals surface area contributed by atoms with E-state index >= 15 is 0 Å². The Hall–Kier alpha value is -2.41. The maximum Gasteiger partial charge on any atom is 0.271 e. The van der Waals surface area contributed by atoms with Gasteiger partial charge in [-0.25, -0.2) is 4.98 Å². The van der Waals surface area contributed by atoms with Crippen LogP contribution in [0.5, 0.6) is 5.75 Å². The first-order valence-corrected chi connectivity index (χ1v) is 10.9. The molecule has 2 unspecified atom stereocenters.